The predicted molar refractivity (Wildman–Crippen MR) is 91.3 cm³/mol. The summed E-state index contributed by atoms with van der Waals surface area (Å²) in [5.74, 6) is 0.0708. The van der Waals surface area contributed by atoms with E-state index in [1.165, 1.54) is 10.8 Å². The Balaban J connectivity index is 2.00. The third-order valence-electron chi connectivity index (χ3n) is 4.07. The smallest absolute Gasteiger partial charge is 0.193 e. The van der Waals surface area contributed by atoms with Gasteiger partial charge in [-0.05, 0) is 21.5 Å². The zero-order valence-electron chi connectivity index (χ0n) is 12.0. The van der Waals surface area contributed by atoms with Gasteiger partial charge >= 0.3 is 0 Å². The lowest BCUT2D eigenvalue weighted by atomic mass is 9.94. The quantitative estimate of drug-likeness (QED) is 0.364. The van der Waals surface area contributed by atoms with Crippen LogP contribution in [-0.4, -0.2) is 5.78 Å². The zero-order chi connectivity index (χ0) is 14.9. The number of carbonyl (C=O) groups excluding carboxylic acids is 1. The maximum absolute atomic E-state index is 12.8. The van der Waals surface area contributed by atoms with Crippen molar-refractivity contribution in [3.05, 3.63) is 96.1 Å². The van der Waals surface area contributed by atoms with Crippen LogP contribution >= 0.6 is 0 Å². The van der Waals surface area contributed by atoms with Gasteiger partial charge in [-0.25, -0.2) is 0 Å². The minimum Gasteiger partial charge on any atom is -0.289 e. The lowest BCUT2D eigenvalue weighted by Crippen LogP contribution is -2.01. The maximum Gasteiger partial charge on any atom is 0.193 e. The number of benzene rings is 4. The Bertz CT molecular complexity index is 984. The predicted octanol–water partition coefficient (Wildman–Crippen LogP) is 5.22. The van der Waals surface area contributed by atoms with Gasteiger partial charge in [0.25, 0.3) is 0 Å². The van der Waals surface area contributed by atoms with Crippen molar-refractivity contribution in [2.75, 3.05) is 0 Å². The minimum atomic E-state index is 0.0708. The molecule has 4 rings (SSSR count). The fourth-order valence-corrected chi connectivity index (χ4v) is 2.98. The van der Waals surface area contributed by atoms with Gasteiger partial charge < -0.3 is 0 Å². The molecule has 0 aromatic heterocycles. The van der Waals surface area contributed by atoms with Crippen LogP contribution in [0.3, 0.4) is 0 Å². The lowest BCUT2D eigenvalue weighted by Gasteiger charge is -2.08. The first-order chi connectivity index (χ1) is 10.8. The second-order valence-electron chi connectivity index (χ2n) is 5.38. The van der Waals surface area contributed by atoms with E-state index in [2.05, 4.69) is 24.3 Å². The molecule has 104 valence electrons. The monoisotopic (exact) mass is 282 g/mol. The minimum absolute atomic E-state index is 0.0708. The molecular formula is C21H14O. The summed E-state index contributed by atoms with van der Waals surface area (Å²) in [5, 5.41) is 4.51. The van der Waals surface area contributed by atoms with Crippen LogP contribution in [0.1, 0.15) is 15.9 Å². The number of carbonyl (C=O) groups is 1. The van der Waals surface area contributed by atoms with Crippen LogP contribution in [0.5, 0.6) is 0 Å². The zero-order valence-corrected chi connectivity index (χ0v) is 12.0. The molecule has 0 bridgehead atoms. The fourth-order valence-electron chi connectivity index (χ4n) is 2.98. The van der Waals surface area contributed by atoms with Gasteiger partial charge in [-0.2, -0.15) is 0 Å². The molecule has 4 aromatic rings. The van der Waals surface area contributed by atoms with Gasteiger partial charge in [0.15, 0.2) is 5.78 Å². The van der Waals surface area contributed by atoms with Gasteiger partial charge in [0, 0.05) is 11.1 Å². The summed E-state index contributed by atoms with van der Waals surface area (Å²) in [5.41, 5.74) is 1.48. The van der Waals surface area contributed by atoms with Crippen LogP contribution in [0.15, 0.2) is 84.9 Å². The first-order valence-corrected chi connectivity index (χ1v) is 7.35. The van der Waals surface area contributed by atoms with E-state index in [-0.39, 0.29) is 5.78 Å². The fraction of sp³-hybridized carbons (Fsp3) is 0. The molecule has 0 unspecified atom stereocenters. The summed E-state index contributed by atoms with van der Waals surface area (Å²) in [6.07, 6.45) is 0. The summed E-state index contributed by atoms with van der Waals surface area (Å²) in [4.78, 5) is 12.8. The van der Waals surface area contributed by atoms with E-state index in [1.807, 2.05) is 60.7 Å². The molecule has 0 saturated heterocycles. The molecule has 0 aliphatic rings. The Kier molecular flexibility index (Phi) is 2.97. The van der Waals surface area contributed by atoms with Gasteiger partial charge in [0.05, 0.1) is 0 Å². The van der Waals surface area contributed by atoms with Crippen LogP contribution in [0.4, 0.5) is 0 Å². The van der Waals surface area contributed by atoms with Gasteiger partial charge in [0.1, 0.15) is 0 Å². The molecule has 0 radical (unpaired) electrons. The highest BCUT2D eigenvalue weighted by Gasteiger charge is 2.12. The first kappa shape index (κ1) is 12.8. The molecular weight excluding hydrogens is 268 g/mol. The van der Waals surface area contributed by atoms with Gasteiger partial charge in [-0.15, -0.1) is 0 Å². The summed E-state index contributed by atoms with van der Waals surface area (Å²) in [6.45, 7) is 0. The summed E-state index contributed by atoms with van der Waals surface area (Å²) in [6, 6.07) is 27.8. The Hall–Kier alpha value is -2.93. The number of ketones is 1. The summed E-state index contributed by atoms with van der Waals surface area (Å²) in [7, 11) is 0. The maximum atomic E-state index is 12.8. The normalized spacial score (nSPS) is 10.9. The van der Waals surface area contributed by atoms with Crippen LogP contribution in [0.2, 0.25) is 0 Å². The van der Waals surface area contributed by atoms with Crippen molar-refractivity contribution in [2.24, 2.45) is 0 Å². The Labute approximate surface area is 128 Å². The number of hydrogen-bond acceptors (Lipinski definition) is 1. The van der Waals surface area contributed by atoms with Gasteiger partial charge in [-0.1, -0.05) is 84.9 Å². The number of hydrogen-bond donors (Lipinski definition) is 0. The molecule has 0 amide bonds. The Morgan fingerprint density at radius 1 is 0.545 bits per heavy atom. The molecule has 0 N–H and O–H groups in total. The molecule has 0 saturated carbocycles. The van der Waals surface area contributed by atoms with E-state index < -0.39 is 0 Å². The summed E-state index contributed by atoms with van der Waals surface area (Å²) < 4.78 is 0. The Morgan fingerprint density at radius 2 is 1.27 bits per heavy atom. The van der Waals surface area contributed by atoms with E-state index in [0.29, 0.717) is 0 Å². The standard InChI is InChI=1S/C21H14O/c22-21(16-8-2-1-3-9-16)20-12-6-11-18-17-10-5-4-7-15(17)13-14-19(18)20/h1-14H. The second kappa shape index (κ2) is 5.12. The van der Waals surface area contributed by atoms with Crippen molar-refractivity contribution in [3.8, 4) is 0 Å². The summed E-state index contributed by atoms with van der Waals surface area (Å²) >= 11 is 0. The van der Waals surface area contributed by atoms with E-state index in [1.54, 1.807) is 0 Å². The number of fused-ring (bicyclic) bond motifs is 3. The van der Waals surface area contributed by atoms with Crippen molar-refractivity contribution in [1.29, 1.82) is 0 Å². The van der Waals surface area contributed by atoms with Crippen LogP contribution in [0.25, 0.3) is 21.5 Å². The lowest BCUT2D eigenvalue weighted by molar-refractivity contribution is 0.104. The third-order valence-corrected chi connectivity index (χ3v) is 4.07. The highest BCUT2D eigenvalue weighted by Crippen LogP contribution is 2.28. The van der Waals surface area contributed by atoms with Crippen LogP contribution < -0.4 is 0 Å². The molecule has 0 aliphatic heterocycles. The molecule has 0 fully saturated rings. The van der Waals surface area contributed by atoms with Gasteiger partial charge in [0.2, 0.25) is 0 Å². The highest BCUT2D eigenvalue weighted by molar-refractivity contribution is 6.20. The second-order valence-corrected chi connectivity index (χ2v) is 5.38. The van der Waals surface area contributed by atoms with Gasteiger partial charge in [-0.3, -0.25) is 4.79 Å². The molecule has 1 nitrogen and oxygen atoms in total. The highest BCUT2D eigenvalue weighted by atomic mass is 16.1. The van der Waals surface area contributed by atoms with Crippen molar-refractivity contribution < 1.29 is 4.79 Å². The Morgan fingerprint density at radius 3 is 2.14 bits per heavy atom. The average Bonchev–Trinajstić information content (AvgIpc) is 2.61. The van der Waals surface area contributed by atoms with Crippen molar-refractivity contribution in [1.82, 2.24) is 0 Å². The van der Waals surface area contributed by atoms with Crippen LogP contribution in [-0.2, 0) is 0 Å². The molecule has 4 aromatic carbocycles. The topological polar surface area (TPSA) is 17.1 Å². The first-order valence-electron chi connectivity index (χ1n) is 7.35. The van der Waals surface area contributed by atoms with E-state index in [0.717, 1.165) is 21.9 Å². The van der Waals surface area contributed by atoms with E-state index in [9.17, 15) is 4.79 Å². The molecule has 1 heteroatoms. The molecule has 22 heavy (non-hydrogen) atoms. The van der Waals surface area contributed by atoms with Crippen molar-refractivity contribution >= 4 is 27.3 Å². The van der Waals surface area contributed by atoms with Crippen LogP contribution in [0, 0.1) is 0 Å². The molecule has 0 atom stereocenters. The third kappa shape index (κ3) is 1.99. The SMILES string of the molecule is O=C(c1ccccc1)c1cccc2c1ccc1ccccc12. The molecule has 0 heterocycles. The largest absolute Gasteiger partial charge is 0.289 e. The van der Waals surface area contributed by atoms with Crippen molar-refractivity contribution in [2.45, 2.75) is 0 Å². The van der Waals surface area contributed by atoms with E-state index >= 15 is 0 Å². The molecule has 0 spiro atoms. The number of rotatable bonds is 2. The molecule has 0 aliphatic carbocycles. The van der Waals surface area contributed by atoms with E-state index in [4.69, 9.17) is 0 Å². The average molecular weight is 282 g/mol. The van der Waals surface area contributed by atoms with Crippen molar-refractivity contribution in [3.63, 3.8) is 0 Å².